The van der Waals surface area contributed by atoms with Crippen molar-refractivity contribution in [1.29, 1.82) is 0 Å². The third-order valence-corrected chi connectivity index (χ3v) is 2.95. The maximum absolute atomic E-state index is 11.5. The molecule has 0 aliphatic rings. The third-order valence-electron chi connectivity index (χ3n) is 2.95. The van der Waals surface area contributed by atoms with Gasteiger partial charge in [-0.2, -0.15) is 0 Å². The van der Waals surface area contributed by atoms with Gasteiger partial charge >= 0.3 is 11.9 Å². The fourth-order valence-electron chi connectivity index (χ4n) is 1.67. The van der Waals surface area contributed by atoms with Crippen LogP contribution >= 0.6 is 0 Å². The lowest BCUT2D eigenvalue weighted by molar-refractivity contribution is -0.142. The van der Waals surface area contributed by atoms with Crippen molar-refractivity contribution in [2.45, 2.75) is 51.9 Å². The largest absolute Gasteiger partial charge is 0.469 e. The molecule has 5 nitrogen and oxygen atoms in total. The van der Waals surface area contributed by atoms with Crippen LogP contribution in [-0.4, -0.2) is 31.9 Å². The second-order valence-electron chi connectivity index (χ2n) is 4.59. The molecule has 0 aromatic carbocycles. The first-order valence-electron chi connectivity index (χ1n) is 6.84. The molecule has 0 aliphatic heterocycles. The molecule has 0 atom stereocenters. The number of esters is 2. The number of carbonyl (C=O) groups is 3. The Kier molecular flexibility index (Phi) is 10.3. The molecule has 114 valence electrons. The molecule has 0 bridgehead atoms. The van der Waals surface area contributed by atoms with E-state index in [4.69, 9.17) is 0 Å². The fourth-order valence-corrected chi connectivity index (χ4v) is 1.67. The Bertz CT molecular complexity index is 357. The molecule has 0 saturated heterocycles. The second-order valence-corrected chi connectivity index (χ2v) is 4.59. The molecule has 0 rings (SSSR count). The lowest BCUT2D eigenvalue weighted by Gasteiger charge is -2.01. The van der Waals surface area contributed by atoms with Crippen molar-refractivity contribution in [2.24, 2.45) is 0 Å². The molecule has 0 amide bonds. The lowest BCUT2D eigenvalue weighted by Crippen LogP contribution is -2.05. The zero-order valence-electron chi connectivity index (χ0n) is 12.6. The van der Waals surface area contributed by atoms with Gasteiger partial charge in [0, 0.05) is 18.4 Å². The number of carbonyl (C=O) groups excluding carboxylic acids is 3. The average Bonchev–Trinajstić information content (AvgIpc) is 2.46. The molecule has 0 heterocycles. The minimum Gasteiger partial charge on any atom is -0.469 e. The molecule has 20 heavy (non-hydrogen) atoms. The van der Waals surface area contributed by atoms with Gasteiger partial charge in [0.25, 0.3) is 0 Å². The summed E-state index contributed by atoms with van der Waals surface area (Å²) in [6.07, 6.45) is 6.24. The van der Waals surface area contributed by atoms with Crippen LogP contribution in [0.1, 0.15) is 51.9 Å². The van der Waals surface area contributed by atoms with Crippen LogP contribution < -0.4 is 0 Å². The first kappa shape index (κ1) is 18.4. The molecule has 0 spiro atoms. The summed E-state index contributed by atoms with van der Waals surface area (Å²) in [5, 5.41) is 0. The van der Waals surface area contributed by atoms with Crippen LogP contribution in [0.5, 0.6) is 0 Å². The number of allylic oxidation sites excluding steroid dienone is 1. The van der Waals surface area contributed by atoms with Crippen molar-refractivity contribution >= 4 is 17.7 Å². The summed E-state index contributed by atoms with van der Waals surface area (Å²) in [7, 11) is 2.68. The van der Waals surface area contributed by atoms with Crippen LogP contribution in [0.25, 0.3) is 0 Å². The standard InChI is InChI=1S/C15H24O5/c1-12(15(18)20-3)8-6-4-5-7-9-13(16)10-11-14(17)19-2/h8H,4-7,9-11H2,1-3H3/b12-8+. The van der Waals surface area contributed by atoms with Crippen LogP contribution in [0.2, 0.25) is 0 Å². The molecule has 0 N–H and O–H groups in total. The van der Waals surface area contributed by atoms with E-state index in [1.165, 1.54) is 14.2 Å². The minimum absolute atomic E-state index is 0.0942. The summed E-state index contributed by atoms with van der Waals surface area (Å²) in [6, 6.07) is 0. The van der Waals surface area contributed by atoms with E-state index in [1.54, 1.807) is 6.92 Å². The van der Waals surface area contributed by atoms with Gasteiger partial charge in [0.1, 0.15) is 5.78 Å². The number of unbranched alkanes of at least 4 members (excludes halogenated alkanes) is 3. The third kappa shape index (κ3) is 9.30. The van der Waals surface area contributed by atoms with Gasteiger partial charge in [-0.25, -0.2) is 4.79 Å². The number of ether oxygens (including phenoxy) is 2. The van der Waals surface area contributed by atoms with Crippen molar-refractivity contribution in [3.05, 3.63) is 11.6 Å². The predicted octanol–water partition coefficient (Wildman–Crippen LogP) is 2.58. The van der Waals surface area contributed by atoms with E-state index in [1.807, 2.05) is 6.08 Å². The number of hydrogen-bond donors (Lipinski definition) is 0. The van der Waals surface area contributed by atoms with E-state index >= 15 is 0 Å². The van der Waals surface area contributed by atoms with Crippen LogP contribution in [0.4, 0.5) is 0 Å². The summed E-state index contributed by atoms with van der Waals surface area (Å²) in [4.78, 5) is 33.4. The molecule has 0 aliphatic carbocycles. The Morgan fingerprint density at radius 1 is 0.900 bits per heavy atom. The van der Waals surface area contributed by atoms with Gasteiger partial charge in [-0.1, -0.05) is 12.5 Å². The number of Topliss-reactive ketones (excluding diaryl/α,β-unsaturated/α-hetero) is 1. The highest BCUT2D eigenvalue weighted by molar-refractivity contribution is 5.87. The van der Waals surface area contributed by atoms with Crippen LogP contribution in [0.15, 0.2) is 11.6 Å². The van der Waals surface area contributed by atoms with Gasteiger partial charge in [-0.15, -0.1) is 0 Å². The van der Waals surface area contributed by atoms with Crippen molar-refractivity contribution in [1.82, 2.24) is 0 Å². The molecule has 0 aromatic heterocycles. The molecule has 0 saturated carbocycles. The summed E-state index contributed by atoms with van der Waals surface area (Å²) >= 11 is 0. The second kappa shape index (κ2) is 11.2. The average molecular weight is 284 g/mol. The first-order valence-corrected chi connectivity index (χ1v) is 6.84. The SMILES string of the molecule is COC(=O)CCC(=O)CCCCC/C=C(\C)C(=O)OC. The maximum atomic E-state index is 11.5. The smallest absolute Gasteiger partial charge is 0.333 e. The van der Waals surface area contributed by atoms with Gasteiger partial charge in [0.05, 0.1) is 20.6 Å². The van der Waals surface area contributed by atoms with E-state index in [0.29, 0.717) is 12.0 Å². The van der Waals surface area contributed by atoms with Crippen molar-refractivity contribution in [3.63, 3.8) is 0 Å². The topological polar surface area (TPSA) is 69.7 Å². The van der Waals surface area contributed by atoms with Gasteiger partial charge in [-0.05, 0) is 26.2 Å². The van der Waals surface area contributed by atoms with Crippen LogP contribution in [0.3, 0.4) is 0 Å². The number of ketones is 1. The zero-order valence-corrected chi connectivity index (χ0v) is 12.6. The van der Waals surface area contributed by atoms with Gasteiger partial charge in [0.15, 0.2) is 0 Å². The Balaban J connectivity index is 3.60. The van der Waals surface area contributed by atoms with E-state index in [-0.39, 0.29) is 30.6 Å². The van der Waals surface area contributed by atoms with E-state index < -0.39 is 0 Å². The monoisotopic (exact) mass is 284 g/mol. The summed E-state index contributed by atoms with van der Waals surface area (Å²) < 4.78 is 9.06. The molecule has 0 fully saturated rings. The Labute approximate surface area is 120 Å². The fraction of sp³-hybridized carbons (Fsp3) is 0.667. The lowest BCUT2D eigenvalue weighted by atomic mass is 10.1. The van der Waals surface area contributed by atoms with Crippen LogP contribution in [-0.2, 0) is 23.9 Å². The van der Waals surface area contributed by atoms with Crippen molar-refractivity contribution < 1.29 is 23.9 Å². The zero-order chi connectivity index (χ0) is 15.4. The Hall–Kier alpha value is -1.65. The highest BCUT2D eigenvalue weighted by Crippen LogP contribution is 2.08. The number of methoxy groups -OCH3 is 2. The Morgan fingerprint density at radius 2 is 1.60 bits per heavy atom. The summed E-state index contributed by atoms with van der Waals surface area (Å²) in [5.41, 5.74) is 0.613. The number of hydrogen-bond acceptors (Lipinski definition) is 5. The molecule has 0 aromatic rings. The minimum atomic E-state index is -0.346. The maximum Gasteiger partial charge on any atom is 0.333 e. The normalized spacial score (nSPS) is 11.1. The van der Waals surface area contributed by atoms with Crippen molar-refractivity contribution in [2.75, 3.05) is 14.2 Å². The van der Waals surface area contributed by atoms with Crippen LogP contribution in [0, 0.1) is 0 Å². The predicted molar refractivity (Wildman–Crippen MR) is 75.1 cm³/mol. The highest BCUT2D eigenvalue weighted by Gasteiger charge is 2.06. The Morgan fingerprint density at radius 3 is 2.20 bits per heavy atom. The first-order chi connectivity index (χ1) is 9.51. The van der Waals surface area contributed by atoms with E-state index in [2.05, 4.69) is 9.47 Å². The molecule has 0 unspecified atom stereocenters. The van der Waals surface area contributed by atoms with Gasteiger partial charge < -0.3 is 9.47 Å². The molecular formula is C15H24O5. The highest BCUT2D eigenvalue weighted by atomic mass is 16.5. The molecule has 0 radical (unpaired) electrons. The summed E-state index contributed by atoms with van der Waals surface area (Å²) in [5.74, 6) is -0.554. The van der Waals surface area contributed by atoms with Crippen molar-refractivity contribution in [3.8, 4) is 0 Å². The van der Waals surface area contributed by atoms with Gasteiger partial charge in [0.2, 0.25) is 0 Å². The summed E-state index contributed by atoms with van der Waals surface area (Å²) in [6.45, 7) is 1.72. The number of rotatable bonds is 10. The molecular weight excluding hydrogens is 260 g/mol. The molecule has 5 heteroatoms. The van der Waals surface area contributed by atoms with Gasteiger partial charge in [-0.3, -0.25) is 9.59 Å². The van der Waals surface area contributed by atoms with E-state index in [9.17, 15) is 14.4 Å². The van der Waals surface area contributed by atoms with E-state index in [0.717, 1.165) is 25.7 Å². The quantitative estimate of drug-likeness (QED) is 0.350.